The molecule has 1 aromatic heterocycles. The molecule has 0 spiro atoms. The Labute approximate surface area is 163 Å². The number of anilines is 1. The van der Waals surface area contributed by atoms with Crippen molar-refractivity contribution in [2.24, 2.45) is 0 Å². The fourth-order valence-electron chi connectivity index (χ4n) is 3.34. The summed E-state index contributed by atoms with van der Waals surface area (Å²) in [5.41, 5.74) is 2.74. The number of carbonyl (C=O) groups excluding carboxylic acids is 1. The van der Waals surface area contributed by atoms with Gasteiger partial charge in [0, 0.05) is 18.0 Å². The highest BCUT2D eigenvalue weighted by Gasteiger charge is 2.31. The lowest BCUT2D eigenvalue weighted by molar-refractivity contribution is -0.116. The predicted octanol–water partition coefficient (Wildman–Crippen LogP) is 3.37. The molecule has 0 saturated heterocycles. The highest BCUT2D eigenvalue weighted by atomic mass is 16.5. The van der Waals surface area contributed by atoms with Crippen molar-refractivity contribution in [3.63, 3.8) is 0 Å². The summed E-state index contributed by atoms with van der Waals surface area (Å²) in [5, 5.41) is 2.96. The van der Waals surface area contributed by atoms with Crippen LogP contribution in [0.5, 0.6) is 11.5 Å². The normalized spacial score (nSPS) is 15.3. The maximum atomic E-state index is 12.4. The third kappa shape index (κ3) is 3.30. The number of ether oxygens (including phenoxy) is 2. The number of imidazole rings is 1. The zero-order valence-electron chi connectivity index (χ0n) is 15.4. The van der Waals surface area contributed by atoms with Gasteiger partial charge >= 0.3 is 0 Å². The quantitative estimate of drug-likeness (QED) is 0.697. The number of benzene rings is 2. The molecule has 6 heteroatoms. The minimum atomic E-state index is -0.120. The minimum absolute atomic E-state index is 0.0413. The third-order valence-electron chi connectivity index (χ3n) is 4.73. The Balaban J connectivity index is 1.67. The molecule has 1 amide bonds. The van der Waals surface area contributed by atoms with E-state index in [1.165, 1.54) is 0 Å². The van der Waals surface area contributed by atoms with E-state index >= 15 is 0 Å². The zero-order chi connectivity index (χ0) is 19.5. The highest BCUT2D eigenvalue weighted by Crippen LogP contribution is 2.37. The maximum Gasteiger partial charge on any atom is 0.226 e. The number of methoxy groups -OCH3 is 1. The van der Waals surface area contributed by atoms with Gasteiger partial charge in [0.05, 0.1) is 12.8 Å². The van der Waals surface area contributed by atoms with E-state index in [4.69, 9.17) is 15.9 Å². The van der Waals surface area contributed by atoms with Gasteiger partial charge in [0.25, 0.3) is 0 Å². The van der Waals surface area contributed by atoms with Crippen molar-refractivity contribution in [2.75, 3.05) is 19.0 Å². The molecule has 1 aliphatic rings. The van der Waals surface area contributed by atoms with Crippen molar-refractivity contribution in [3.05, 3.63) is 66.1 Å². The van der Waals surface area contributed by atoms with E-state index in [1.807, 2.05) is 53.1 Å². The van der Waals surface area contributed by atoms with Gasteiger partial charge in [0.15, 0.2) is 0 Å². The Morgan fingerprint density at radius 3 is 2.57 bits per heavy atom. The number of hydrogen-bond donors (Lipinski definition) is 1. The SMILES string of the molecule is C#CCOc1ccc(C2CC(=O)Nc3c2ncn3-c2ccc(OC)cc2)cc1. The van der Waals surface area contributed by atoms with E-state index in [1.54, 1.807) is 13.4 Å². The molecule has 2 heterocycles. The van der Waals surface area contributed by atoms with Crippen LogP contribution in [0, 0.1) is 12.3 Å². The van der Waals surface area contributed by atoms with Crippen LogP contribution in [-0.2, 0) is 4.79 Å². The number of terminal acetylenes is 1. The number of nitrogens with zero attached hydrogens (tertiary/aromatic N) is 2. The van der Waals surface area contributed by atoms with Crippen LogP contribution in [0.15, 0.2) is 54.9 Å². The Kier molecular flexibility index (Phi) is 4.73. The maximum absolute atomic E-state index is 12.4. The van der Waals surface area contributed by atoms with Crippen LogP contribution in [0.4, 0.5) is 5.82 Å². The van der Waals surface area contributed by atoms with E-state index in [9.17, 15) is 4.79 Å². The molecule has 140 valence electrons. The lowest BCUT2D eigenvalue weighted by Crippen LogP contribution is -2.24. The minimum Gasteiger partial charge on any atom is -0.497 e. The van der Waals surface area contributed by atoms with Crippen molar-refractivity contribution in [1.82, 2.24) is 9.55 Å². The summed E-state index contributed by atoms with van der Waals surface area (Å²) >= 11 is 0. The molecule has 0 radical (unpaired) electrons. The molecule has 4 rings (SSSR count). The van der Waals surface area contributed by atoms with Crippen LogP contribution in [0.2, 0.25) is 0 Å². The van der Waals surface area contributed by atoms with Gasteiger partial charge in [-0.25, -0.2) is 4.98 Å². The summed E-state index contributed by atoms with van der Waals surface area (Å²) in [5.74, 6) is 4.44. The molecule has 6 nitrogen and oxygen atoms in total. The Bertz CT molecular complexity index is 1030. The van der Waals surface area contributed by atoms with Crippen molar-refractivity contribution < 1.29 is 14.3 Å². The summed E-state index contributed by atoms with van der Waals surface area (Å²) in [6.07, 6.45) is 7.30. The fourth-order valence-corrected chi connectivity index (χ4v) is 3.34. The van der Waals surface area contributed by atoms with Crippen LogP contribution in [0.3, 0.4) is 0 Å². The summed E-state index contributed by atoms with van der Waals surface area (Å²) in [7, 11) is 1.63. The van der Waals surface area contributed by atoms with Gasteiger partial charge < -0.3 is 14.8 Å². The number of nitrogens with one attached hydrogen (secondary N) is 1. The molecular weight excluding hydrogens is 354 g/mol. The molecule has 0 fully saturated rings. The number of hydrogen-bond acceptors (Lipinski definition) is 4. The Morgan fingerprint density at radius 2 is 1.89 bits per heavy atom. The topological polar surface area (TPSA) is 65.4 Å². The van der Waals surface area contributed by atoms with E-state index in [0.717, 1.165) is 22.7 Å². The zero-order valence-corrected chi connectivity index (χ0v) is 15.4. The Hall–Kier alpha value is -3.72. The predicted molar refractivity (Wildman–Crippen MR) is 106 cm³/mol. The molecule has 28 heavy (non-hydrogen) atoms. The van der Waals surface area contributed by atoms with E-state index < -0.39 is 0 Å². The first-order valence-electron chi connectivity index (χ1n) is 8.87. The molecule has 1 atom stereocenters. The van der Waals surface area contributed by atoms with E-state index in [-0.39, 0.29) is 18.4 Å². The van der Waals surface area contributed by atoms with Crippen LogP contribution >= 0.6 is 0 Å². The molecule has 1 aliphatic heterocycles. The second-order valence-electron chi connectivity index (χ2n) is 6.41. The summed E-state index contributed by atoms with van der Waals surface area (Å²) in [4.78, 5) is 17.0. The second kappa shape index (κ2) is 7.49. The number of rotatable bonds is 5. The monoisotopic (exact) mass is 373 g/mol. The molecule has 0 bridgehead atoms. The number of fused-ring (bicyclic) bond motifs is 1. The number of amides is 1. The van der Waals surface area contributed by atoms with E-state index in [0.29, 0.717) is 18.0 Å². The van der Waals surface area contributed by atoms with Crippen molar-refractivity contribution >= 4 is 11.7 Å². The van der Waals surface area contributed by atoms with Crippen LogP contribution < -0.4 is 14.8 Å². The van der Waals surface area contributed by atoms with Gasteiger partial charge in [-0.05, 0) is 42.0 Å². The first kappa shape index (κ1) is 17.7. The van der Waals surface area contributed by atoms with Crippen molar-refractivity contribution in [1.29, 1.82) is 0 Å². The first-order valence-corrected chi connectivity index (χ1v) is 8.87. The highest BCUT2D eigenvalue weighted by molar-refractivity contribution is 5.94. The molecule has 3 aromatic rings. The molecule has 0 saturated carbocycles. The van der Waals surface area contributed by atoms with Crippen LogP contribution in [0.25, 0.3) is 5.69 Å². The lowest BCUT2D eigenvalue weighted by atomic mass is 9.90. The summed E-state index contributed by atoms with van der Waals surface area (Å²) in [6.45, 7) is 0.224. The molecule has 2 aromatic carbocycles. The lowest BCUT2D eigenvalue weighted by Gasteiger charge is -2.23. The molecule has 1 N–H and O–H groups in total. The number of aromatic nitrogens is 2. The van der Waals surface area contributed by atoms with Crippen LogP contribution in [0.1, 0.15) is 23.6 Å². The number of carbonyl (C=O) groups is 1. The largest absolute Gasteiger partial charge is 0.497 e. The van der Waals surface area contributed by atoms with Gasteiger partial charge in [-0.15, -0.1) is 6.42 Å². The second-order valence-corrected chi connectivity index (χ2v) is 6.41. The smallest absolute Gasteiger partial charge is 0.226 e. The third-order valence-corrected chi connectivity index (χ3v) is 4.73. The Morgan fingerprint density at radius 1 is 1.18 bits per heavy atom. The molecular formula is C22H19N3O3. The molecule has 0 aliphatic carbocycles. The average molecular weight is 373 g/mol. The van der Waals surface area contributed by atoms with Crippen LogP contribution in [-0.4, -0.2) is 29.2 Å². The average Bonchev–Trinajstić information content (AvgIpc) is 3.16. The van der Waals surface area contributed by atoms with Gasteiger partial charge in [-0.3, -0.25) is 9.36 Å². The van der Waals surface area contributed by atoms with Crippen molar-refractivity contribution in [3.8, 4) is 29.5 Å². The van der Waals surface area contributed by atoms with Gasteiger partial charge in [0.1, 0.15) is 30.3 Å². The standard InChI is InChI=1S/C22H19N3O3/c1-3-12-28-18-8-4-15(5-9-18)19-13-20(26)24-22-21(19)23-14-25(22)16-6-10-17(27-2)11-7-16/h1,4-11,14,19H,12-13H2,2H3,(H,24,26). The van der Waals surface area contributed by atoms with E-state index in [2.05, 4.69) is 16.2 Å². The summed E-state index contributed by atoms with van der Waals surface area (Å²) < 4.78 is 12.5. The first-order chi connectivity index (χ1) is 13.7. The summed E-state index contributed by atoms with van der Waals surface area (Å²) in [6, 6.07) is 15.2. The molecule has 1 unspecified atom stereocenters. The van der Waals surface area contributed by atoms with Gasteiger partial charge in [-0.2, -0.15) is 0 Å². The van der Waals surface area contributed by atoms with Crippen molar-refractivity contribution in [2.45, 2.75) is 12.3 Å². The fraction of sp³-hybridized carbons (Fsp3) is 0.182. The van der Waals surface area contributed by atoms with Gasteiger partial charge in [-0.1, -0.05) is 18.1 Å². The van der Waals surface area contributed by atoms with Gasteiger partial charge in [0.2, 0.25) is 5.91 Å².